The summed E-state index contributed by atoms with van der Waals surface area (Å²) < 4.78 is 3.25. The standard InChI is InChI=1S/C30H27N5O3/c1-22-26(30(38)35(34(22)2)25-18-10-5-11-19-25)21-31-33-29(37)27(20-12-15-23-13-6-3-7-14-23)32-28(36)24-16-8-4-9-17-24/h3-21H,1-2H3,(H,32,36)(H,33,37)/b15-12+,27-20-,31-21-. The van der Waals surface area contributed by atoms with E-state index in [1.54, 1.807) is 55.1 Å². The summed E-state index contributed by atoms with van der Waals surface area (Å²) in [4.78, 5) is 38.7. The molecule has 2 N–H and O–H groups in total. The molecule has 0 spiro atoms. The van der Waals surface area contributed by atoms with Crippen LogP contribution in [0.15, 0.2) is 119 Å². The smallest absolute Gasteiger partial charge is 0.287 e. The van der Waals surface area contributed by atoms with Crippen LogP contribution in [0, 0.1) is 6.92 Å². The Kier molecular flexibility index (Phi) is 8.25. The van der Waals surface area contributed by atoms with Crippen LogP contribution in [0.4, 0.5) is 0 Å². The lowest BCUT2D eigenvalue weighted by Gasteiger charge is -2.08. The van der Waals surface area contributed by atoms with Crippen LogP contribution >= 0.6 is 0 Å². The zero-order chi connectivity index (χ0) is 26.9. The van der Waals surface area contributed by atoms with E-state index in [4.69, 9.17) is 0 Å². The normalized spacial score (nSPS) is 11.7. The zero-order valence-corrected chi connectivity index (χ0v) is 21.0. The Labute approximate surface area is 220 Å². The molecule has 8 nitrogen and oxygen atoms in total. The number of carbonyl (C=O) groups excluding carboxylic acids is 2. The largest absolute Gasteiger partial charge is 0.317 e. The fraction of sp³-hybridized carbons (Fsp3) is 0.0667. The first-order chi connectivity index (χ1) is 18.5. The number of allylic oxidation sites excluding steroid dienone is 2. The molecule has 0 saturated carbocycles. The number of nitrogens with zero attached hydrogens (tertiary/aromatic N) is 3. The number of para-hydroxylation sites is 1. The van der Waals surface area contributed by atoms with E-state index in [1.807, 2.05) is 66.7 Å². The van der Waals surface area contributed by atoms with Gasteiger partial charge in [-0.2, -0.15) is 5.10 Å². The lowest BCUT2D eigenvalue weighted by Crippen LogP contribution is -2.33. The zero-order valence-electron chi connectivity index (χ0n) is 21.0. The highest BCUT2D eigenvalue weighted by atomic mass is 16.2. The Morgan fingerprint density at radius 1 is 0.868 bits per heavy atom. The van der Waals surface area contributed by atoms with Gasteiger partial charge in [-0.1, -0.05) is 78.9 Å². The van der Waals surface area contributed by atoms with Crippen molar-refractivity contribution in [1.29, 1.82) is 0 Å². The number of hydrogen-bond acceptors (Lipinski definition) is 4. The molecule has 38 heavy (non-hydrogen) atoms. The predicted octanol–water partition coefficient (Wildman–Crippen LogP) is 3.96. The highest BCUT2D eigenvalue weighted by Crippen LogP contribution is 2.09. The van der Waals surface area contributed by atoms with E-state index < -0.39 is 11.8 Å². The first kappa shape index (κ1) is 25.8. The molecule has 3 aromatic carbocycles. The molecule has 0 aliphatic carbocycles. The fourth-order valence-corrected chi connectivity index (χ4v) is 3.73. The van der Waals surface area contributed by atoms with E-state index in [0.717, 1.165) is 5.56 Å². The van der Waals surface area contributed by atoms with Crippen molar-refractivity contribution in [2.24, 2.45) is 12.1 Å². The molecular weight excluding hydrogens is 478 g/mol. The molecule has 190 valence electrons. The van der Waals surface area contributed by atoms with E-state index >= 15 is 0 Å². The monoisotopic (exact) mass is 505 g/mol. The summed E-state index contributed by atoms with van der Waals surface area (Å²) in [6.45, 7) is 1.80. The Hall–Kier alpha value is -5.24. The summed E-state index contributed by atoms with van der Waals surface area (Å²) in [6.07, 6.45) is 6.28. The van der Waals surface area contributed by atoms with Crippen LogP contribution in [0.1, 0.15) is 27.2 Å². The van der Waals surface area contributed by atoms with Gasteiger partial charge in [0.15, 0.2) is 0 Å². The van der Waals surface area contributed by atoms with Crippen molar-refractivity contribution in [3.63, 3.8) is 0 Å². The maximum Gasteiger partial charge on any atom is 0.287 e. The van der Waals surface area contributed by atoms with Gasteiger partial charge >= 0.3 is 0 Å². The number of nitrogens with one attached hydrogen (secondary N) is 2. The van der Waals surface area contributed by atoms with Crippen molar-refractivity contribution in [3.05, 3.63) is 142 Å². The molecule has 0 aliphatic heterocycles. The summed E-state index contributed by atoms with van der Waals surface area (Å²) in [5.74, 6) is -1.08. The van der Waals surface area contributed by atoms with Crippen LogP contribution in [-0.4, -0.2) is 27.4 Å². The third kappa shape index (κ3) is 6.11. The van der Waals surface area contributed by atoms with Gasteiger partial charge < -0.3 is 5.32 Å². The van der Waals surface area contributed by atoms with Crippen molar-refractivity contribution in [2.75, 3.05) is 0 Å². The minimum Gasteiger partial charge on any atom is -0.317 e. The number of rotatable bonds is 8. The molecule has 1 heterocycles. The van der Waals surface area contributed by atoms with Crippen molar-refractivity contribution in [2.45, 2.75) is 6.92 Å². The maximum atomic E-state index is 13.1. The average molecular weight is 506 g/mol. The van der Waals surface area contributed by atoms with E-state index in [2.05, 4.69) is 15.8 Å². The second-order valence-electron chi connectivity index (χ2n) is 8.34. The molecule has 8 heteroatoms. The van der Waals surface area contributed by atoms with E-state index in [1.165, 1.54) is 17.0 Å². The van der Waals surface area contributed by atoms with Gasteiger partial charge in [0.2, 0.25) is 0 Å². The Bertz CT molecular complexity index is 1560. The molecular formula is C30H27N5O3. The highest BCUT2D eigenvalue weighted by Gasteiger charge is 2.16. The molecule has 0 atom stereocenters. The molecule has 0 fully saturated rings. The second-order valence-corrected chi connectivity index (χ2v) is 8.34. The summed E-state index contributed by atoms with van der Waals surface area (Å²) in [7, 11) is 1.78. The quantitative estimate of drug-likeness (QED) is 0.164. The lowest BCUT2D eigenvalue weighted by atomic mass is 10.2. The van der Waals surface area contributed by atoms with Gasteiger partial charge in [0, 0.05) is 18.3 Å². The third-order valence-electron chi connectivity index (χ3n) is 5.84. The first-order valence-electron chi connectivity index (χ1n) is 11.9. The molecule has 4 rings (SSSR count). The van der Waals surface area contributed by atoms with Gasteiger partial charge in [0.1, 0.15) is 5.70 Å². The van der Waals surface area contributed by atoms with E-state index in [9.17, 15) is 14.4 Å². The number of aromatic nitrogens is 2. The molecule has 0 unspecified atom stereocenters. The van der Waals surface area contributed by atoms with Gasteiger partial charge in [0.25, 0.3) is 17.4 Å². The molecule has 2 amide bonds. The molecule has 1 aromatic heterocycles. The van der Waals surface area contributed by atoms with Gasteiger partial charge in [-0.05, 0) is 42.8 Å². The third-order valence-corrected chi connectivity index (χ3v) is 5.84. The Balaban J connectivity index is 1.55. The van der Waals surface area contributed by atoms with Crippen molar-refractivity contribution >= 4 is 24.1 Å². The van der Waals surface area contributed by atoms with Crippen molar-refractivity contribution < 1.29 is 9.59 Å². The highest BCUT2D eigenvalue weighted by molar-refractivity contribution is 6.03. The SMILES string of the molecule is Cc1c(/C=N\NC(=O)/C(=C/C=C/c2ccccc2)NC(=O)c2ccccc2)c(=O)n(-c2ccccc2)n1C. The molecule has 0 aliphatic rings. The van der Waals surface area contributed by atoms with Gasteiger partial charge in [-0.15, -0.1) is 0 Å². The summed E-state index contributed by atoms with van der Waals surface area (Å²) in [5.41, 5.74) is 5.20. The summed E-state index contributed by atoms with van der Waals surface area (Å²) >= 11 is 0. The number of hydrogen-bond donors (Lipinski definition) is 2. The van der Waals surface area contributed by atoms with E-state index in [-0.39, 0.29) is 11.3 Å². The summed E-state index contributed by atoms with van der Waals surface area (Å²) in [6, 6.07) is 27.4. The van der Waals surface area contributed by atoms with Crippen LogP contribution in [0.25, 0.3) is 11.8 Å². The van der Waals surface area contributed by atoms with Gasteiger partial charge in [0.05, 0.1) is 17.5 Å². The van der Waals surface area contributed by atoms with Crippen LogP contribution in [0.5, 0.6) is 0 Å². The minimum absolute atomic E-state index is 0.00494. The number of benzene rings is 3. The average Bonchev–Trinajstić information content (AvgIpc) is 3.16. The number of carbonyl (C=O) groups is 2. The number of amides is 2. The van der Waals surface area contributed by atoms with Crippen LogP contribution in [-0.2, 0) is 11.8 Å². The molecule has 4 aromatic rings. The molecule has 0 radical (unpaired) electrons. The van der Waals surface area contributed by atoms with E-state index in [0.29, 0.717) is 22.5 Å². The van der Waals surface area contributed by atoms with Crippen LogP contribution < -0.4 is 16.3 Å². The Morgan fingerprint density at radius 2 is 1.47 bits per heavy atom. The molecule has 0 bridgehead atoms. The fourth-order valence-electron chi connectivity index (χ4n) is 3.73. The van der Waals surface area contributed by atoms with Crippen molar-refractivity contribution in [1.82, 2.24) is 20.1 Å². The number of hydrazone groups is 1. The first-order valence-corrected chi connectivity index (χ1v) is 11.9. The van der Waals surface area contributed by atoms with Crippen LogP contribution in [0.3, 0.4) is 0 Å². The maximum absolute atomic E-state index is 13.1. The topological polar surface area (TPSA) is 97.5 Å². The lowest BCUT2D eigenvalue weighted by molar-refractivity contribution is -0.117. The predicted molar refractivity (Wildman–Crippen MR) is 149 cm³/mol. The molecule has 0 saturated heterocycles. The second kappa shape index (κ2) is 12.1. The summed E-state index contributed by atoms with van der Waals surface area (Å²) in [5, 5.41) is 6.65. The van der Waals surface area contributed by atoms with Crippen LogP contribution in [0.2, 0.25) is 0 Å². The van der Waals surface area contributed by atoms with Gasteiger partial charge in [-0.25, -0.2) is 10.1 Å². The Morgan fingerprint density at radius 3 is 2.13 bits per heavy atom. The van der Waals surface area contributed by atoms with Gasteiger partial charge in [-0.3, -0.25) is 19.1 Å². The van der Waals surface area contributed by atoms with Crippen molar-refractivity contribution in [3.8, 4) is 5.69 Å². The minimum atomic E-state index is -0.639.